The number of ether oxygens (including phenoxy) is 2. The van der Waals surface area contributed by atoms with Gasteiger partial charge < -0.3 is 14.8 Å². The average molecular weight is 400 g/mol. The minimum absolute atomic E-state index is 0.109. The number of amides is 2. The van der Waals surface area contributed by atoms with Crippen molar-refractivity contribution in [3.63, 3.8) is 0 Å². The molecule has 0 unspecified atom stereocenters. The standard InChI is InChI=1S/C23H20N4O3/c1-14-4-6-17(19-20(14)29-13-23(19)8-9-23)30-18-7-5-16(12-25-18)27-21-15(3-2-10-24-21)11-26-22(27)28/h2-7,10,12H,8-9,11,13H2,1H3,(H,26,28). The molecule has 1 fully saturated rings. The summed E-state index contributed by atoms with van der Waals surface area (Å²) in [6.45, 7) is 3.26. The van der Waals surface area contributed by atoms with Crippen LogP contribution in [0.3, 0.4) is 0 Å². The first-order chi connectivity index (χ1) is 14.6. The Labute approximate surface area is 173 Å². The maximum atomic E-state index is 12.5. The topological polar surface area (TPSA) is 76.6 Å². The number of nitrogens with zero attached hydrogens (tertiary/aromatic N) is 3. The minimum atomic E-state index is -0.221. The maximum absolute atomic E-state index is 12.5. The molecule has 7 nitrogen and oxygen atoms in total. The third-order valence-electron chi connectivity index (χ3n) is 6.10. The van der Waals surface area contributed by atoms with Crippen LogP contribution in [-0.4, -0.2) is 22.6 Å². The summed E-state index contributed by atoms with van der Waals surface area (Å²) < 4.78 is 12.1. The van der Waals surface area contributed by atoms with Gasteiger partial charge in [-0.25, -0.2) is 19.7 Å². The molecule has 3 aliphatic rings. The molecule has 3 aromatic rings. The number of carbonyl (C=O) groups excluding carboxylic acids is 1. The van der Waals surface area contributed by atoms with E-state index >= 15 is 0 Å². The molecule has 0 radical (unpaired) electrons. The van der Waals surface area contributed by atoms with Crippen molar-refractivity contribution >= 4 is 17.5 Å². The summed E-state index contributed by atoms with van der Waals surface area (Å²) in [5.41, 5.74) is 4.00. The second kappa shape index (κ2) is 6.19. The summed E-state index contributed by atoms with van der Waals surface area (Å²) in [4.78, 5) is 22.8. The van der Waals surface area contributed by atoms with Crippen molar-refractivity contribution < 1.29 is 14.3 Å². The van der Waals surface area contributed by atoms with Gasteiger partial charge in [0, 0.05) is 35.3 Å². The molecule has 1 aromatic carbocycles. The minimum Gasteiger partial charge on any atom is -0.492 e. The lowest BCUT2D eigenvalue weighted by Gasteiger charge is -2.28. The Kier molecular flexibility index (Phi) is 3.56. The molecule has 2 amide bonds. The summed E-state index contributed by atoms with van der Waals surface area (Å²) in [6.07, 6.45) is 5.57. The van der Waals surface area contributed by atoms with Crippen molar-refractivity contribution in [1.29, 1.82) is 0 Å². The number of hydrogen-bond donors (Lipinski definition) is 1. The average Bonchev–Trinajstić information content (AvgIpc) is 3.44. The molecule has 1 aliphatic carbocycles. The quantitative estimate of drug-likeness (QED) is 0.707. The predicted molar refractivity (Wildman–Crippen MR) is 111 cm³/mol. The monoisotopic (exact) mass is 400 g/mol. The van der Waals surface area contributed by atoms with Crippen molar-refractivity contribution in [2.24, 2.45) is 0 Å². The van der Waals surface area contributed by atoms with Gasteiger partial charge in [0.25, 0.3) is 0 Å². The predicted octanol–water partition coefficient (Wildman–Crippen LogP) is 4.36. The lowest BCUT2D eigenvalue weighted by Crippen LogP contribution is -2.41. The molecular weight excluding hydrogens is 380 g/mol. The Morgan fingerprint density at radius 1 is 1.17 bits per heavy atom. The van der Waals surface area contributed by atoms with Crippen LogP contribution in [0, 0.1) is 6.92 Å². The zero-order chi connectivity index (χ0) is 20.3. The molecule has 30 heavy (non-hydrogen) atoms. The molecule has 2 aliphatic heterocycles. The number of nitrogens with one attached hydrogen (secondary N) is 1. The Bertz CT molecular complexity index is 1170. The van der Waals surface area contributed by atoms with E-state index in [2.05, 4.69) is 22.2 Å². The van der Waals surface area contributed by atoms with E-state index in [0.717, 1.165) is 42.1 Å². The molecule has 0 saturated heterocycles. The lowest BCUT2D eigenvalue weighted by molar-refractivity contribution is 0.247. The van der Waals surface area contributed by atoms with Gasteiger partial charge in [-0.1, -0.05) is 12.1 Å². The molecule has 0 atom stereocenters. The van der Waals surface area contributed by atoms with Crippen molar-refractivity contribution in [2.75, 3.05) is 11.5 Å². The van der Waals surface area contributed by atoms with Gasteiger partial charge in [-0.2, -0.15) is 0 Å². The summed E-state index contributed by atoms with van der Waals surface area (Å²) in [6, 6.07) is 11.2. The molecule has 2 aromatic heterocycles. The van der Waals surface area contributed by atoms with E-state index in [9.17, 15) is 4.79 Å². The van der Waals surface area contributed by atoms with E-state index in [1.54, 1.807) is 18.5 Å². The SMILES string of the molecule is Cc1ccc(Oc2ccc(N3C(=O)NCc4cccnc43)cn2)c2c1OCC21CC1. The maximum Gasteiger partial charge on any atom is 0.328 e. The van der Waals surface area contributed by atoms with Gasteiger partial charge in [0.1, 0.15) is 17.3 Å². The number of aryl methyl sites for hydroxylation is 1. The highest BCUT2D eigenvalue weighted by Crippen LogP contribution is 2.59. The lowest BCUT2D eigenvalue weighted by atomic mass is 9.95. The van der Waals surface area contributed by atoms with Gasteiger partial charge in [0.2, 0.25) is 5.88 Å². The first-order valence-corrected chi connectivity index (χ1v) is 10.1. The largest absolute Gasteiger partial charge is 0.492 e. The number of rotatable bonds is 3. The van der Waals surface area contributed by atoms with Gasteiger partial charge in [-0.05, 0) is 43.5 Å². The van der Waals surface area contributed by atoms with E-state index in [1.165, 1.54) is 10.5 Å². The highest BCUT2D eigenvalue weighted by atomic mass is 16.5. The second-order valence-electron chi connectivity index (χ2n) is 8.09. The molecular formula is C23H20N4O3. The van der Waals surface area contributed by atoms with E-state index in [4.69, 9.17) is 9.47 Å². The molecule has 1 N–H and O–H groups in total. The Morgan fingerprint density at radius 3 is 2.87 bits per heavy atom. The van der Waals surface area contributed by atoms with E-state index in [1.807, 2.05) is 30.3 Å². The van der Waals surface area contributed by atoms with Crippen LogP contribution in [0.1, 0.15) is 29.5 Å². The van der Waals surface area contributed by atoms with Crippen LogP contribution in [0.2, 0.25) is 0 Å². The van der Waals surface area contributed by atoms with Crippen LogP contribution in [-0.2, 0) is 12.0 Å². The zero-order valence-corrected chi connectivity index (χ0v) is 16.5. The number of urea groups is 1. The van der Waals surface area contributed by atoms with Crippen molar-refractivity contribution in [1.82, 2.24) is 15.3 Å². The molecule has 1 spiro atoms. The molecule has 6 rings (SSSR count). The van der Waals surface area contributed by atoms with E-state index in [-0.39, 0.29) is 11.4 Å². The summed E-state index contributed by atoms with van der Waals surface area (Å²) in [7, 11) is 0. The number of pyridine rings is 2. The van der Waals surface area contributed by atoms with Crippen LogP contribution >= 0.6 is 0 Å². The number of hydrogen-bond acceptors (Lipinski definition) is 5. The van der Waals surface area contributed by atoms with E-state index in [0.29, 0.717) is 23.9 Å². The number of fused-ring (bicyclic) bond motifs is 3. The molecule has 150 valence electrons. The van der Waals surface area contributed by atoms with Crippen molar-refractivity contribution in [3.05, 3.63) is 65.5 Å². The van der Waals surface area contributed by atoms with Crippen molar-refractivity contribution in [2.45, 2.75) is 31.7 Å². The fraction of sp³-hybridized carbons (Fsp3) is 0.261. The second-order valence-corrected chi connectivity index (χ2v) is 8.09. The summed E-state index contributed by atoms with van der Waals surface area (Å²) in [5.74, 6) is 2.86. The molecule has 1 saturated carbocycles. The number of anilines is 2. The number of aromatic nitrogens is 2. The number of carbonyl (C=O) groups is 1. The van der Waals surface area contributed by atoms with Crippen LogP contribution < -0.4 is 19.7 Å². The highest BCUT2D eigenvalue weighted by molar-refractivity contribution is 6.00. The van der Waals surface area contributed by atoms with Gasteiger partial charge in [-0.3, -0.25) is 0 Å². The number of benzene rings is 1. The third-order valence-corrected chi connectivity index (χ3v) is 6.10. The third kappa shape index (κ3) is 2.55. The summed E-state index contributed by atoms with van der Waals surface area (Å²) in [5, 5.41) is 2.86. The Hall–Kier alpha value is -3.61. The Morgan fingerprint density at radius 2 is 2.07 bits per heavy atom. The first-order valence-electron chi connectivity index (χ1n) is 10.1. The molecule has 4 heterocycles. The Balaban J connectivity index is 1.31. The van der Waals surface area contributed by atoms with Crippen molar-refractivity contribution in [3.8, 4) is 17.4 Å². The molecule has 7 heteroatoms. The van der Waals surface area contributed by atoms with Crippen LogP contribution in [0.15, 0.2) is 48.8 Å². The normalized spacial score (nSPS) is 17.8. The smallest absolute Gasteiger partial charge is 0.328 e. The molecule has 0 bridgehead atoms. The highest BCUT2D eigenvalue weighted by Gasteiger charge is 2.53. The van der Waals surface area contributed by atoms with E-state index < -0.39 is 0 Å². The fourth-order valence-electron chi connectivity index (χ4n) is 4.30. The zero-order valence-electron chi connectivity index (χ0n) is 16.5. The van der Waals surface area contributed by atoms with Crippen LogP contribution in [0.5, 0.6) is 17.4 Å². The first kappa shape index (κ1) is 17.3. The van der Waals surface area contributed by atoms with Gasteiger partial charge in [0.05, 0.1) is 18.5 Å². The van der Waals surface area contributed by atoms with Gasteiger partial charge >= 0.3 is 6.03 Å². The van der Waals surface area contributed by atoms with Crippen LogP contribution in [0.25, 0.3) is 0 Å². The fourth-order valence-corrected chi connectivity index (χ4v) is 4.30. The van der Waals surface area contributed by atoms with Gasteiger partial charge in [0.15, 0.2) is 0 Å². The van der Waals surface area contributed by atoms with Gasteiger partial charge in [-0.15, -0.1) is 0 Å². The summed E-state index contributed by atoms with van der Waals surface area (Å²) >= 11 is 0. The van der Waals surface area contributed by atoms with Crippen LogP contribution in [0.4, 0.5) is 16.3 Å².